The number of carbonyl (C=O) groups is 1. The lowest BCUT2D eigenvalue weighted by molar-refractivity contribution is 0.104. The highest BCUT2D eigenvalue weighted by molar-refractivity contribution is 6.06. The Hall–Kier alpha value is -4.44. The Labute approximate surface area is 205 Å². The fraction of sp³-hybridized carbons (Fsp3) is 0.0968. The van der Waals surface area contributed by atoms with Gasteiger partial charge in [0, 0.05) is 12.0 Å². The van der Waals surface area contributed by atoms with Gasteiger partial charge in [-0.25, -0.2) is 0 Å². The van der Waals surface area contributed by atoms with Crippen LogP contribution in [0.4, 0.5) is 5.69 Å². The third kappa shape index (κ3) is 5.07. The van der Waals surface area contributed by atoms with Gasteiger partial charge < -0.3 is 4.74 Å². The molecule has 4 aromatic carbocycles. The van der Waals surface area contributed by atoms with E-state index >= 15 is 0 Å². The van der Waals surface area contributed by atoms with Crippen molar-refractivity contribution in [3.63, 3.8) is 0 Å². The third-order valence-corrected chi connectivity index (χ3v) is 6.16. The number of nitrogens with zero attached hydrogens (tertiary/aromatic N) is 2. The van der Waals surface area contributed by atoms with Crippen molar-refractivity contribution < 1.29 is 9.53 Å². The molecule has 172 valence electrons. The number of hydrogen-bond acceptors (Lipinski definition) is 4. The summed E-state index contributed by atoms with van der Waals surface area (Å²) >= 11 is 0. The maximum Gasteiger partial charge on any atom is 0.185 e. The molecular weight excluding hydrogens is 432 g/mol. The van der Waals surface area contributed by atoms with Crippen molar-refractivity contribution in [1.29, 1.82) is 0 Å². The first-order valence-corrected chi connectivity index (χ1v) is 11.6. The molecule has 1 atom stereocenters. The first kappa shape index (κ1) is 22.4. The van der Waals surface area contributed by atoms with Gasteiger partial charge in [-0.1, -0.05) is 78.9 Å². The molecule has 0 aliphatic carbocycles. The zero-order valence-electron chi connectivity index (χ0n) is 19.5. The van der Waals surface area contributed by atoms with Gasteiger partial charge in [-0.05, 0) is 59.2 Å². The second-order valence-corrected chi connectivity index (χ2v) is 8.41. The Morgan fingerprint density at radius 3 is 2.17 bits per heavy atom. The van der Waals surface area contributed by atoms with Gasteiger partial charge >= 0.3 is 0 Å². The van der Waals surface area contributed by atoms with Gasteiger partial charge in [0.05, 0.1) is 24.6 Å². The van der Waals surface area contributed by atoms with Crippen LogP contribution in [0.1, 0.15) is 39.5 Å². The predicted octanol–water partition coefficient (Wildman–Crippen LogP) is 6.95. The summed E-state index contributed by atoms with van der Waals surface area (Å²) in [6.45, 7) is 0. The van der Waals surface area contributed by atoms with Crippen LogP contribution in [0, 0.1) is 0 Å². The van der Waals surface area contributed by atoms with Crippen molar-refractivity contribution in [3.8, 4) is 5.75 Å². The van der Waals surface area contributed by atoms with E-state index in [2.05, 4.69) is 53.5 Å². The molecule has 35 heavy (non-hydrogen) atoms. The van der Waals surface area contributed by atoms with Gasteiger partial charge in [0.25, 0.3) is 0 Å². The van der Waals surface area contributed by atoms with Crippen LogP contribution in [-0.2, 0) is 0 Å². The van der Waals surface area contributed by atoms with Gasteiger partial charge in [0.1, 0.15) is 5.75 Å². The minimum atomic E-state index is -0.00732. The molecule has 0 bridgehead atoms. The molecule has 0 radical (unpaired) electrons. The number of hydrazone groups is 1. The highest BCUT2D eigenvalue weighted by Gasteiger charge is 2.29. The molecule has 0 N–H and O–H groups in total. The van der Waals surface area contributed by atoms with Gasteiger partial charge in [-0.15, -0.1) is 0 Å². The van der Waals surface area contributed by atoms with Gasteiger partial charge in [-0.3, -0.25) is 9.80 Å². The van der Waals surface area contributed by atoms with Crippen molar-refractivity contribution in [2.24, 2.45) is 5.10 Å². The van der Waals surface area contributed by atoms with E-state index in [0.717, 1.165) is 34.7 Å². The van der Waals surface area contributed by atoms with Crippen LogP contribution in [0.25, 0.3) is 6.08 Å². The molecule has 0 saturated heterocycles. The second-order valence-electron chi connectivity index (χ2n) is 8.41. The maximum absolute atomic E-state index is 12.4. The van der Waals surface area contributed by atoms with Crippen molar-refractivity contribution in [3.05, 3.63) is 138 Å². The number of carbonyl (C=O) groups excluding carboxylic acids is 1. The monoisotopic (exact) mass is 458 g/mol. The highest BCUT2D eigenvalue weighted by Crippen LogP contribution is 2.37. The minimum absolute atomic E-state index is 0.00732. The highest BCUT2D eigenvalue weighted by atomic mass is 16.5. The molecule has 1 unspecified atom stereocenters. The van der Waals surface area contributed by atoms with Gasteiger partial charge in [-0.2, -0.15) is 5.10 Å². The van der Waals surface area contributed by atoms with Crippen LogP contribution in [0.5, 0.6) is 5.75 Å². The van der Waals surface area contributed by atoms with E-state index in [9.17, 15) is 4.79 Å². The van der Waals surface area contributed by atoms with E-state index in [0.29, 0.717) is 5.56 Å². The van der Waals surface area contributed by atoms with Crippen LogP contribution >= 0.6 is 0 Å². The summed E-state index contributed by atoms with van der Waals surface area (Å²) in [4.78, 5) is 12.4. The summed E-state index contributed by atoms with van der Waals surface area (Å²) in [5, 5.41) is 7.12. The molecule has 1 aliphatic rings. The normalized spacial score (nSPS) is 15.3. The van der Waals surface area contributed by atoms with E-state index in [4.69, 9.17) is 9.84 Å². The van der Waals surface area contributed by atoms with Crippen LogP contribution in [0.2, 0.25) is 0 Å². The first-order valence-electron chi connectivity index (χ1n) is 11.6. The fourth-order valence-corrected chi connectivity index (χ4v) is 4.25. The summed E-state index contributed by atoms with van der Waals surface area (Å²) in [5.41, 5.74) is 6.01. The predicted molar refractivity (Wildman–Crippen MR) is 142 cm³/mol. The lowest BCUT2D eigenvalue weighted by Crippen LogP contribution is -2.18. The van der Waals surface area contributed by atoms with Crippen molar-refractivity contribution in [2.45, 2.75) is 12.5 Å². The Morgan fingerprint density at radius 2 is 1.51 bits per heavy atom. The zero-order chi connectivity index (χ0) is 24.0. The van der Waals surface area contributed by atoms with Crippen LogP contribution in [-0.4, -0.2) is 18.6 Å². The number of ether oxygens (including phenoxy) is 1. The fourth-order valence-electron chi connectivity index (χ4n) is 4.25. The topological polar surface area (TPSA) is 41.9 Å². The van der Waals surface area contributed by atoms with E-state index < -0.39 is 0 Å². The summed E-state index contributed by atoms with van der Waals surface area (Å²) in [5.74, 6) is 0.824. The summed E-state index contributed by atoms with van der Waals surface area (Å²) in [6.07, 6.45) is 4.28. The Balaban J connectivity index is 1.40. The number of rotatable bonds is 7. The molecule has 1 aliphatic heterocycles. The minimum Gasteiger partial charge on any atom is -0.497 e. The van der Waals surface area contributed by atoms with Crippen molar-refractivity contribution in [2.75, 3.05) is 12.1 Å². The Bertz CT molecular complexity index is 1340. The van der Waals surface area contributed by atoms with E-state index in [1.165, 1.54) is 5.56 Å². The summed E-state index contributed by atoms with van der Waals surface area (Å²) < 4.78 is 5.31. The van der Waals surface area contributed by atoms with E-state index in [1.807, 2.05) is 66.7 Å². The molecule has 1 heterocycles. The molecule has 0 fully saturated rings. The largest absolute Gasteiger partial charge is 0.497 e. The van der Waals surface area contributed by atoms with Crippen LogP contribution in [0.15, 0.2) is 120 Å². The van der Waals surface area contributed by atoms with Crippen LogP contribution < -0.4 is 9.75 Å². The molecule has 4 heteroatoms. The van der Waals surface area contributed by atoms with Crippen molar-refractivity contribution >= 4 is 23.3 Å². The average molecular weight is 459 g/mol. The maximum atomic E-state index is 12.4. The van der Waals surface area contributed by atoms with Crippen LogP contribution in [0.3, 0.4) is 0 Å². The van der Waals surface area contributed by atoms with E-state index in [1.54, 1.807) is 13.2 Å². The number of hydrogen-bond donors (Lipinski definition) is 0. The van der Waals surface area contributed by atoms with Gasteiger partial charge in [0.15, 0.2) is 5.78 Å². The number of ketones is 1. The lowest BCUT2D eigenvalue weighted by atomic mass is 9.98. The standard InChI is InChI=1S/C31H26N2O2/c1-35-28-19-15-24(16-20-28)29-22-30(25-8-4-2-5-9-25)33(32-29)27-17-12-23(13-18-27)14-21-31(34)26-10-6-3-7-11-26/h2-21,30H,22H2,1H3. The first-order chi connectivity index (χ1) is 17.2. The summed E-state index contributed by atoms with van der Waals surface area (Å²) in [7, 11) is 1.67. The van der Waals surface area contributed by atoms with Crippen molar-refractivity contribution in [1.82, 2.24) is 0 Å². The molecule has 0 spiro atoms. The SMILES string of the molecule is COc1ccc(C2=NN(c3ccc(C=CC(=O)c4ccccc4)cc3)C(c3ccccc3)C2)cc1. The zero-order valence-corrected chi connectivity index (χ0v) is 19.5. The second kappa shape index (κ2) is 10.2. The Kier molecular flexibility index (Phi) is 6.53. The molecule has 5 rings (SSSR count). The number of benzene rings is 4. The number of anilines is 1. The average Bonchev–Trinajstić information content (AvgIpc) is 3.38. The molecule has 4 nitrogen and oxygen atoms in total. The third-order valence-electron chi connectivity index (χ3n) is 6.16. The number of allylic oxidation sites excluding steroid dienone is 1. The smallest absolute Gasteiger partial charge is 0.185 e. The summed E-state index contributed by atoms with van der Waals surface area (Å²) in [6, 6.07) is 36.1. The molecular formula is C31H26N2O2. The van der Waals surface area contributed by atoms with Gasteiger partial charge in [0.2, 0.25) is 0 Å². The molecule has 0 aromatic heterocycles. The quantitative estimate of drug-likeness (QED) is 0.222. The molecule has 0 saturated carbocycles. The van der Waals surface area contributed by atoms with E-state index in [-0.39, 0.29) is 11.8 Å². The number of methoxy groups -OCH3 is 1. The molecule has 4 aromatic rings. The Morgan fingerprint density at radius 1 is 0.857 bits per heavy atom. The lowest BCUT2D eigenvalue weighted by Gasteiger charge is -2.24. The molecule has 0 amide bonds.